The van der Waals surface area contributed by atoms with Crippen LogP contribution in [-0.4, -0.2) is 66.5 Å². The molecule has 0 radical (unpaired) electrons. The molecule has 0 aromatic heterocycles. The van der Waals surface area contributed by atoms with Gasteiger partial charge in [0.1, 0.15) is 11.4 Å². The molecule has 28 heavy (non-hydrogen) atoms. The Balaban J connectivity index is 1.71. The Labute approximate surface area is 166 Å². The summed E-state index contributed by atoms with van der Waals surface area (Å²) in [5, 5.41) is 0. The van der Waals surface area contributed by atoms with Crippen LogP contribution in [0.5, 0.6) is 5.75 Å². The third-order valence-electron chi connectivity index (χ3n) is 4.49. The number of benzene rings is 1. The van der Waals surface area contributed by atoms with Gasteiger partial charge in [-0.05, 0) is 51.5 Å². The fourth-order valence-corrected chi connectivity index (χ4v) is 2.94. The normalized spacial score (nSPS) is 14.6. The van der Waals surface area contributed by atoms with Crippen LogP contribution in [-0.2, 0) is 9.53 Å². The first kappa shape index (κ1) is 21.7. The first-order valence-electron chi connectivity index (χ1n) is 9.62. The van der Waals surface area contributed by atoms with Crippen molar-refractivity contribution in [1.29, 1.82) is 0 Å². The molecule has 0 unspecified atom stereocenters. The third kappa shape index (κ3) is 6.55. The lowest BCUT2D eigenvalue weighted by Crippen LogP contribution is -2.51. The van der Waals surface area contributed by atoms with E-state index in [0.717, 1.165) is 0 Å². The second kappa shape index (κ2) is 9.57. The summed E-state index contributed by atoms with van der Waals surface area (Å²) < 4.78 is 10.4. The number of piperazine rings is 1. The molecule has 1 aliphatic heterocycles. The van der Waals surface area contributed by atoms with Crippen LogP contribution >= 0.6 is 0 Å². The maximum Gasteiger partial charge on any atom is 0.410 e. The van der Waals surface area contributed by atoms with Gasteiger partial charge in [0, 0.05) is 44.6 Å². The van der Waals surface area contributed by atoms with Crippen LogP contribution in [0.2, 0.25) is 0 Å². The van der Waals surface area contributed by atoms with E-state index < -0.39 is 5.60 Å². The Hall–Kier alpha value is -2.57. The van der Waals surface area contributed by atoms with E-state index in [1.54, 1.807) is 41.2 Å². The highest BCUT2D eigenvalue weighted by atomic mass is 16.6. The van der Waals surface area contributed by atoms with E-state index in [1.807, 2.05) is 20.8 Å². The number of rotatable bonds is 6. The predicted molar refractivity (Wildman–Crippen MR) is 106 cm³/mol. The van der Waals surface area contributed by atoms with Crippen LogP contribution in [0.3, 0.4) is 0 Å². The van der Waals surface area contributed by atoms with Crippen LogP contribution in [0, 0.1) is 0 Å². The average molecular weight is 390 g/mol. The Morgan fingerprint density at radius 3 is 2.04 bits per heavy atom. The first-order chi connectivity index (χ1) is 13.2. The summed E-state index contributed by atoms with van der Waals surface area (Å²) in [6.07, 6.45) is 0.824. The Morgan fingerprint density at radius 2 is 1.50 bits per heavy atom. The van der Waals surface area contributed by atoms with Crippen LogP contribution in [0.1, 0.15) is 50.4 Å². The number of hydrogen-bond acceptors (Lipinski definition) is 5. The van der Waals surface area contributed by atoms with E-state index >= 15 is 0 Å². The molecule has 1 heterocycles. The lowest BCUT2D eigenvalue weighted by molar-refractivity contribution is -0.133. The zero-order chi connectivity index (χ0) is 20.7. The quantitative estimate of drug-likeness (QED) is 0.698. The zero-order valence-corrected chi connectivity index (χ0v) is 17.2. The van der Waals surface area contributed by atoms with Crippen LogP contribution in [0.25, 0.3) is 0 Å². The van der Waals surface area contributed by atoms with Crippen molar-refractivity contribution < 1.29 is 23.9 Å². The van der Waals surface area contributed by atoms with Crippen molar-refractivity contribution in [3.8, 4) is 5.75 Å². The van der Waals surface area contributed by atoms with Crippen LogP contribution in [0.4, 0.5) is 4.79 Å². The minimum atomic E-state index is -0.527. The number of Topliss-reactive ketones (excluding diaryl/α,β-unsaturated/α-hetero) is 1. The van der Waals surface area contributed by atoms with Gasteiger partial charge in [0.25, 0.3) is 0 Å². The van der Waals surface area contributed by atoms with Crippen molar-refractivity contribution in [2.45, 2.75) is 45.6 Å². The molecule has 0 spiro atoms. The number of nitrogens with zero attached hydrogens (tertiary/aromatic N) is 2. The smallest absolute Gasteiger partial charge is 0.410 e. The summed E-state index contributed by atoms with van der Waals surface area (Å²) in [6, 6.07) is 6.98. The zero-order valence-electron chi connectivity index (χ0n) is 17.2. The van der Waals surface area contributed by atoms with Crippen molar-refractivity contribution in [3.05, 3.63) is 29.8 Å². The van der Waals surface area contributed by atoms with Gasteiger partial charge in [-0.15, -0.1) is 0 Å². The largest absolute Gasteiger partial charge is 0.497 e. The molecule has 7 nitrogen and oxygen atoms in total. The summed E-state index contributed by atoms with van der Waals surface area (Å²) in [4.78, 5) is 40.0. The molecule has 7 heteroatoms. The number of methoxy groups -OCH3 is 1. The van der Waals surface area contributed by atoms with E-state index in [9.17, 15) is 14.4 Å². The SMILES string of the molecule is COc1ccc(C(=O)CCCC(=O)N2CCN(C(=O)OC(C)(C)C)CC2)cc1. The Kier molecular flexibility index (Phi) is 7.43. The standard InChI is InChI=1S/C21H30N2O5/c1-21(2,3)28-20(26)23-14-12-22(13-15-23)19(25)7-5-6-18(24)16-8-10-17(27-4)11-9-16/h8-11H,5-7,12-15H2,1-4H3. The van der Waals surface area contributed by atoms with Gasteiger partial charge in [0.2, 0.25) is 5.91 Å². The molecule has 1 aromatic carbocycles. The molecular weight excluding hydrogens is 360 g/mol. The highest BCUT2D eigenvalue weighted by molar-refractivity contribution is 5.96. The molecule has 0 atom stereocenters. The van der Waals surface area contributed by atoms with Crippen molar-refractivity contribution >= 4 is 17.8 Å². The lowest BCUT2D eigenvalue weighted by atomic mass is 10.0. The minimum Gasteiger partial charge on any atom is -0.497 e. The van der Waals surface area contributed by atoms with Gasteiger partial charge in [-0.1, -0.05) is 0 Å². The maximum atomic E-state index is 12.4. The lowest BCUT2D eigenvalue weighted by Gasteiger charge is -2.35. The van der Waals surface area contributed by atoms with Crippen LogP contribution in [0.15, 0.2) is 24.3 Å². The van der Waals surface area contributed by atoms with Crippen molar-refractivity contribution in [2.75, 3.05) is 33.3 Å². The fraction of sp³-hybridized carbons (Fsp3) is 0.571. The van der Waals surface area contributed by atoms with Crippen molar-refractivity contribution in [3.63, 3.8) is 0 Å². The molecule has 154 valence electrons. The fourth-order valence-electron chi connectivity index (χ4n) is 2.94. The first-order valence-corrected chi connectivity index (χ1v) is 9.62. The third-order valence-corrected chi connectivity index (χ3v) is 4.49. The molecule has 1 fully saturated rings. The topological polar surface area (TPSA) is 76.2 Å². The molecule has 1 aliphatic rings. The van der Waals surface area contributed by atoms with Gasteiger partial charge in [-0.25, -0.2) is 4.79 Å². The van der Waals surface area contributed by atoms with Gasteiger partial charge in [-0.2, -0.15) is 0 Å². The number of carbonyl (C=O) groups is 3. The van der Waals surface area contributed by atoms with E-state index in [-0.39, 0.29) is 17.8 Å². The van der Waals surface area contributed by atoms with Gasteiger partial charge in [0.05, 0.1) is 7.11 Å². The second-order valence-corrected chi connectivity index (χ2v) is 7.85. The number of hydrogen-bond donors (Lipinski definition) is 0. The highest BCUT2D eigenvalue weighted by Crippen LogP contribution is 2.15. The van der Waals surface area contributed by atoms with E-state index in [2.05, 4.69) is 0 Å². The molecule has 0 aliphatic carbocycles. The van der Waals surface area contributed by atoms with E-state index in [4.69, 9.17) is 9.47 Å². The molecule has 1 aromatic rings. The maximum absolute atomic E-state index is 12.4. The number of ketones is 1. The molecule has 2 amide bonds. The summed E-state index contributed by atoms with van der Waals surface area (Å²) in [5.74, 6) is 0.744. The number of ether oxygens (including phenoxy) is 2. The van der Waals surface area contributed by atoms with E-state index in [1.165, 1.54) is 0 Å². The van der Waals surface area contributed by atoms with Gasteiger partial charge in [-0.3, -0.25) is 9.59 Å². The van der Waals surface area contributed by atoms with Crippen molar-refractivity contribution in [1.82, 2.24) is 9.80 Å². The molecule has 0 bridgehead atoms. The Bertz CT molecular complexity index is 686. The molecular formula is C21H30N2O5. The number of carbonyl (C=O) groups excluding carboxylic acids is 3. The minimum absolute atomic E-state index is 0.0187. The molecule has 2 rings (SSSR count). The molecule has 0 saturated carbocycles. The van der Waals surface area contributed by atoms with Gasteiger partial charge in [0.15, 0.2) is 5.78 Å². The molecule has 0 N–H and O–H groups in total. The van der Waals surface area contributed by atoms with Crippen LogP contribution < -0.4 is 4.74 Å². The molecule has 1 saturated heterocycles. The van der Waals surface area contributed by atoms with Crippen molar-refractivity contribution in [2.24, 2.45) is 0 Å². The summed E-state index contributed by atoms with van der Waals surface area (Å²) in [6.45, 7) is 7.40. The predicted octanol–water partition coefficient (Wildman–Crippen LogP) is 3.13. The summed E-state index contributed by atoms with van der Waals surface area (Å²) in [7, 11) is 1.58. The second-order valence-electron chi connectivity index (χ2n) is 7.85. The van der Waals surface area contributed by atoms with Gasteiger partial charge >= 0.3 is 6.09 Å². The summed E-state index contributed by atoms with van der Waals surface area (Å²) in [5.41, 5.74) is 0.0970. The van der Waals surface area contributed by atoms with E-state index in [0.29, 0.717) is 56.8 Å². The average Bonchev–Trinajstić information content (AvgIpc) is 2.66. The van der Waals surface area contributed by atoms with Gasteiger partial charge < -0.3 is 19.3 Å². The number of amides is 2. The monoisotopic (exact) mass is 390 g/mol. The summed E-state index contributed by atoms with van der Waals surface area (Å²) >= 11 is 0. The Morgan fingerprint density at radius 1 is 0.929 bits per heavy atom. The highest BCUT2D eigenvalue weighted by Gasteiger charge is 2.27.